The molecular weight excluding hydrogens is 338 g/mol. The van der Waals surface area contributed by atoms with E-state index in [2.05, 4.69) is 4.72 Å². The van der Waals surface area contributed by atoms with E-state index >= 15 is 0 Å². The van der Waals surface area contributed by atoms with E-state index in [1.54, 1.807) is 24.3 Å². The number of benzene rings is 2. The molecule has 0 bridgehead atoms. The van der Waals surface area contributed by atoms with E-state index in [1.165, 1.54) is 0 Å². The van der Waals surface area contributed by atoms with Crippen LogP contribution in [0.5, 0.6) is 5.75 Å². The molecule has 5 nitrogen and oxygen atoms in total. The number of esters is 1. The standard InChI is InChI=1S/C16H16ClNO4S/c1-23(20,21)18-15(11-12-5-3-2-4-6-12)16(19)22-14-9-7-13(17)8-10-14/h2-10,15,18H,11H2,1H3/t15-/m0/s1. The van der Waals surface area contributed by atoms with Gasteiger partial charge in [0, 0.05) is 5.02 Å². The Bertz CT molecular complexity index is 760. The number of rotatable bonds is 6. The first-order valence-electron chi connectivity index (χ1n) is 6.82. The Kier molecular flexibility index (Phi) is 5.76. The lowest BCUT2D eigenvalue weighted by atomic mass is 10.1. The Morgan fingerprint density at radius 3 is 2.30 bits per heavy atom. The van der Waals surface area contributed by atoms with Crippen molar-refractivity contribution < 1.29 is 17.9 Å². The molecule has 7 heteroatoms. The molecule has 0 amide bonds. The fourth-order valence-electron chi connectivity index (χ4n) is 1.97. The van der Waals surface area contributed by atoms with E-state index in [9.17, 15) is 13.2 Å². The first-order valence-corrected chi connectivity index (χ1v) is 9.09. The molecule has 122 valence electrons. The number of hydrogen-bond donors (Lipinski definition) is 1. The van der Waals surface area contributed by atoms with Crippen LogP contribution in [0.4, 0.5) is 0 Å². The Hall–Kier alpha value is -1.89. The molecule has 0 aliphatic rings. The van der Waals surface area contributed by atoms with Crippen LogP contribution in [-0.4, -0.2) is 26.7 Å². The first kappa shape index (κ1) is 17.5. The number of halogens is 1. The van der Waals surface area contributed by atoms with Crippen LogP contribution in [0.2, 0.25) is 5.02 Å². The number of sulfonamides is 1. The lowest BCUT2D eigenvalue weighted by Gasteiger charge is -2.16. The molecule has 2 rings (SSSR count). The van der Waals surface area contributed by atoms with Crippen molar-refractivity contribution in [1.29, 1.82) is 0 Å². The molecule has 0 aliphatic carbocycles. The third-order valence-corrected chi connectivity index (χ3v) is 3.92. The van der Waals surface area contributed by atoms with Crippen molar-refractivity contribution in [2.24, 2.45) is 0 Å². The van der Waals surface area contributed by atoms with Crippen molar-refractivity contribution in [3.8, 4) is 5.75 Å². The van der Waals surface area contributed by atoms with E-state index < -0.39 is 22.0 Å². The van der Waals surface area contributed by atoms with Crippen molar-refractivity contribution in [2.45, 2.75) is 12.5 Å². The highest BCUT2D eigenvalue weighted by atomic mass is 35.5. The molecule has 0 saturated carbocycles. The molecule has 0 aliphatic heterocycles. The van der Waals surface area contributed by atoms with Gasteiger partial charge in [-0.05, 0) is 36.2 Å². The first-order chi connectivity index (χ1) is 10.8. The van der Waals surface area contributed by atoms with Crippen molar-refractivity contribution in [3.05, 3.63) is 65.2 Å². The van der Waals surface area contributed by atoms with Crippen LogP contribution in [0.25, 0.3) is 0 Å². The third-order valence-electron chi connectivity index (χ3n) is 2.96. The second-order valence-corrected chi connectivity index (χ2v) is 7.22. The summed E-state index contributed by atoms with van der Waals surface area (Å²) in [6.45, 7) is 0. The molecule has 0 radical (unpaired) electrons. The van der Waals surface area contributed by atoms with Gasteiger partial charge in [0.1, 0.15) is 11.8 Å². The second-order valence-electron chi connectivity index (χ2n) is 5.01. The summed E-state index contributed by atoms with van der Waals surface area (Å²) >= 11 is 5.77. The quantitative estimate of drug-likeness (QED) is 0.639. The van der Waals surface area contributed by atoms with Crippen LogP contribution in [0, 0.1) is 0 Å². The Labute approximate surface area is 140 Å². The monoisotopic (exact) mass is 353 g/mol. The average molecular weight is 354 g/mol. The van der Waals surface area contributed by atoms with E-state index in [-0.39, 0.29) is 6.42 Å². The molecule has 1 N–H and O–H groups in total. The van der Waals surface area contributed by atoms with Gasteiger partial charge in [-0.3, -0.25) is 0 Å². The number of nitrogens with one attached hydrogen (secondary N) is 1. The molecule has 0 heterocycles. The summed E-state index contributed by atoms with van der Waals surface area (Å²) in [5, 5.41) is 0.514. The van der Waals surface area contributed by atoms with Crippen molar-refractivity contribution in [2.75, 3.05) is 6.26 Å². The summed E-state index contributed by atoms with van der Waals surface area (Å²) in [5.74, 6) is -0.380. The fourth-order valence-corrected chi connectivity index (χ4v) is 2.79. The topological polar surface area (TPSA) is 72.5 Å². The molecule has 2 aromatic rings. The van der Waals surface area contributed by atoms with Crippen LogP contribution in [-0.2, 0) is 21.2 Å². The van der Waals surface area contributed by atoms with Crippen LogP contribution < -0.4 is 9.46 Å². The van der Waals surface area contributed by atoms with Gasteiger partial charge in [0.15, 0.2) is 0 Å². The summed E-state index contributed by atoms with van der Waals surface area (Å²) in [6.07, 6.45) is 1.20. The predicted octanol–water partition coefficient (Wildman–Crippen LogP) is 2.41. The van der Waals surface area contributed by atoms with Crippen LogP contribution in [0.3, 0.4) is 0 Å². The molecule has 0 spiro atoms. The van der Waals surface area contributed by atoms with E-state index in [0.29, 0.717) is 10.8 Å². The number of ether oxygens (including phenoxy) is 1. The Morgan fingerprint density at radius 2 is 1.74 bits per heavy atom. The van der Waals surface area contributed by atoms with Gasteiger partial charge in [-0.15, -0.1) is 0 Å². The van der Waals surface area contributed by atoms with E-state index in [4.69, 9.17) is 16.3 Å². The zero-order valence-corrected chi connectivity index (χ0v) is 14.0. The highest BCUT2D eigenvalue weighted by Gasteiger charge is 2.24. The summed E-state index contributed by atoms with van der Waals surface area (Å²) in [7, 11) is -3.56. The number of carbonyl (C=O) groups is 1. The van der Waals surface area contributed by atoms with Crippen molar-refractivity contribution in [1.82, 2.24) is 4.72 Å². The maximum atomic E-state index is 12.3. The SMILES string of the molecule is CS(=O)(=O)N[C@@H](Cc1ccccc1)C(=O)Oc1ccc(Cl)cc1. The van der Waals surface area contributed by atoms with Gasteiger partial charge in [0.2, 0.25) is 10.0 Å². The van der Waals surface area contributed by atoms with Gasteiger partial charge in [0.05, 0.1) is 6.26 Å². The normalized spacial score (nSPS) is 12.6. The Balaban J connectivity index is 2.15. The highest BCUT2D eigenvalue weighted by molar-refractivity contribution is 7.88. The molecular formula is C16H16ClNO4S. The van der Waals surface area contributed by atoms with Gasteiger partial charge in [-0.1, -0.05) is 41.9 Å². The minimum absolute atomic E-state index is 0.195. The van der Waals surface area contributed by atoms with Gasteiger partial charge in [-0.2, -0.15) is 0 Å². The largest absolute Gasteiger partial charge is 0.425 e. The molecule has 0 fully saturated rings. The summed E-state index contributed by atoms with van der Waals surface area (Å²) < 4.78 is 30.5. The van der Waals surface area contributed by atoms with Crippen LogP contribution in [0.15, 0.2) is 54.6 Å². The zero-order chi connectivity index (χ0) is 16.9. The minimum Gasteiger partial charge on any atom is -0.425 e. The smallest absolute Gasteiger partial charge is 0.329 e. The molecule has 0 aromatic heterocycles. The van der Waals surface area contributed by atoms with Crippen LogP contribution >= 0.6 is 11.6 Å². The van der Waals surface area contributed by atoms with E-state index in [1.807, 2.05) is 30.3 Å². The summed E-state index contributed by atoms with van der Waals surface area (Å²) in [5.41, 5.74) is 0.821. The third kappa shape index (κ3) is 6.02. The lowest BCUT2D eigenvalue weighted by molar-refractivity contribution is -0.136. The maximum absolute atomic E-state index is 12.3. The van der Waals surface area contributed by atoms with Gasteiger partial charge in [0.25, 0.3) is 0 Å². The molecule has 1 atom stereocenters. The highest BCUT2D eigenvalue weighted by Crippen LogP contribution is 2.16. The summed E-state index contributed by atoms with van der Waals surface area (Å²) in [6, 6.07) is 14.3. The minimum atomic E-state index is -3.56. The van der Waals surface area contributed by atoms with Crippen molar-refractivity contribution in [3.63, 3.8) is 0 Å². The number of hydrogen-bond acceptors (Lipinski definition) is 4. The average Bonchev–Trinajstić information content (AvgIpc) is 2.48. The van der Waals surface area contributed by atoms with Crippen LogP contribution in [0.1, 0.15) is 5.56 Å². The molecule has 0 unspecified atom stereocenters. The molecule has 2 aromatic carbocycles. The Morgan fingerprint density at radius 1 is 1.13 bits per heavy atom. The van der Waals surface area contributed by atoms with Crippen molar-refractivity contribution >= 4 is 27.6 Å². The maximum Gasteiger partial charge on any atom is 0.329 e. The lowest BCUT2D eigenvalue weighted by Crippen LogP contribution is -2.44. The predicted molar refractivity (Wildman–Crippen MR) is 89.0 cm³/mol. The second kappa shape index (κ2) is 7.59. The zero-order valence-electron chi connectivity index (χ0n) is 12.4. The van der Waals surface area contributed by atoms with E-state index in [0.717, 1.165) is 11.8 Å². The summed E-state index contributed by atoms with van der Waals surface area (Å²) in [4.78, 5) is 12.3. The molecule has 0 saturated heterocycles. The van der Waals surface area contributed by atoms with Gasteiger partial charge >= 0.3 is 5.97 Å². The molecule has 23 heavy (non-hydrogen) atoms. The van der Waals surface area contributed by atoms with Gasteiger partial charge in [-0.25, -0.2) is 17.9 Å². The fraction of sp³-hybridized carbons (Fsp3) is 0.188. The number of carbonyl (C=O) groups excluding carboxylic acids is 1. The van der Waals surface area contributed by atoms with Gasteiger partial charge < -0.3 is 4.74 Å².